The fourth-order valence-electron chi connectivity index (χ4n) is 4.12. The van der Waals surface area contributed by atoms with Gasteiger partial charge in [0.15, 0.2) is 0 Å². The average Bonchev–Trinajstić information content (AvgIpc) is 2.75. The second-order valence-electron chi connectivity index (χ2n) is 7.74. The number of benzene rings is 1. The lowest BCUT2D eigenvalue weighted by Crippen LogP contribution is -2.46. The molecule has 2 atom stereocenters. The third kappa shape index (κ3) is 5.01. The van der Waals surface area contributed by atoms with Gasteiger partial charge in [-0.1, -0.05) is 13.0 Å². The third-order valence-electron chi connectivity index (χ3n) is 5.46. The molecule has 0 spiro atoms. The van der Waals surface area contributed by atoms with E-state index in [1.54, 1.807) is 12.3 Å². The molecule has 2 aliphatic rings. The van der Waals surface area contributed by atoms with E-state index in [2.05, 4.69) is 27.4 Å². The molecule has 29 heavy (non-hydrogen) atoms. The van der Waals surface area contributed by atoms with E-state index in [1.165, 1.54) is 31.5 Å². The van der Waals surface area contributed by atoms with Gasteiger partial charge in [0.2, 0.25) is 0 Å². The Bertz CT molecular complexity index is 878. The number of pyridine rings is 1. The number of nitrogens with zero attached hydrogens (tertiary/aromatic N) is 3. The van der Waals surface area contributed by atoms with Crippen LogP contribution in [0.2, 0.25) is 0 Å². The van der Waals surface area contributed by atoms with Crippen LogP contribution in [0.25, 0.3) is 5.70 Å². The number of nitrogens with one attached hydrogen (secondary N) is 2. The standard InChI is InChI=1S/C23H28FN5/c1-2-11-29-12-5-7-18(16-29)23-27-21(17-6-4-10-25-15-17)14-22(28-23)26-20-9-3-8-19(24)13-20/h3-4,6,8-10,13-15,18,23,27H,2,5,7,11-12,16H2,1H3,(H,26,28). The van der Waals surface area contributed by atoms with E-state index < -0.39 is 0 Å². The highest BCUT2D eigenvalue weighted by molar-refractivity contribution is 6.08. The van der Waals surface area contributed by atoms with Crippen molar-refractivity contribution in [1.29, 1.82) is 0 Å². The Morgan fingerprint density at radius 1 is 1.28 bits per heavy atom. The lowest BCUT2D eigenvalue weighted by Gasteiger charge is -2.37. The normalized spacial score (nSPS) is 22.4. The highest BCUT2D eigenvalue weighted by atomic mass is 19.1. The van der Waals surface area contributed by atoms with Crippen LogP contribution in [-0.2, 0) is 0 Å². The minimum atomic E-state index is -0.264. The van der Waals surface area contributed by atoms with Crippen molar-refractivity contribution in [2.45, 2.75) is 32.4 Å². The summed E-state index contributed by atoms with van der Waals surface area (Å²) in [6, 6.07) is 10.5. The molecule has 0 bridgehead atoms. The molecule has 1 aromatic carbocycles. The molecule has 2 unspecified atom stereocenters. The number of rotatable bonds is 5. The van der Waals surface area contributed by atoms with Gasteiger partial charge in [-0.25, -0.2) is 9.38 Å². The highest BCUT2D eigenvalue weighted by Crippen LogP contribution is 2.26. The van der Waals surface area contributed by atoms with Gasteiger partial charge in [0.25, 0.3) is 0 Å². The lowest BCUT2D eigenvalue weighted by molar-refractivity contribution is 0.153. The predicted molar refractivity (Wildman–Crippen MR) is 116 cm³/mol. The summed E-state index contributed by atoms with van der Waals surface area (Å²) in [4.78, 5) is 11.7. The first kappa shape index (κ1) is 19.6. The van der Waals surface area contributed by atoms with E-state index in [0.717, 1.165) is 36.6 Å². The Hall–Kier alpha value is -2.73. The molecule has 2 aromatic rings. The van der Waals surface area contributed by atoms with Gasteiger partial charge in [-0.05, 0) is 62.7 Å². The van der Waals surface area contributed by atoms with E-state index in [0.29, 0.717) is 11.6 Å². The van der Waals surface area contributed by atoms with Gasteiger partial charge in [-0.2, -0.15) is 0 Å². The quantitative estimate of drug-likeness (QED) is 0.802. The fraction of sp³-hybridized carbons (Fsp3) is 0.391. The van der Waals surface area contributed by atoms with Crippen molar-refractivity contribution >= 4 is 17.2 Å². The van der Waals surface area contributed by atoms with Gasteiger partial charge < -0.3 is 15.5 Å². The van der Waals surface area contributed by atoms with Crippen molar-refractivity contribution in [3.8, 4) is 0 Å². The van der Waals surface area contributed by atoms with E-state index in [1.807, 2.05) is 30.5 Å². The molecule has 152 valence electrons. The highest BCUT2D eigenvalue weighted by Gasteiger charge is 2.29. The SMILES string of the molecule is CCCN1CCCC(C2N=C(Nc3cccc(F)c3)C=C(c3cccnc3)N2)C1. The minimum absolute atomic E-state index is 0.0223. The first-order valence-corrected chi connectivity index (χ1v) is 10.4. The number of aromatic nitrogens is 1. The summed E-state index contributed by atoms with van der Waals surface area (Å²) in [6.07, 6.45) is 9.09. The topological polar surface area (TPSA) is 52.5 Å². The maximum Gasteiger partial charge on any atom is 0.129 e. The fourth-order valence-corrected chi connectivity index (χ4v) is 4.12. The van der Waals surface area contributed by atoms with Gasteiger partial charge in [0.1, 0.15) is 17.8 Å². The Kier molecular flexibility index (Phi) is 6.20. The Morgan fingerprint density at radius 3 is 3.00 bits per heavy atom. The zero-order valence-electron chi connectivity index (χ0n) is 16.8. The number of hydrogen-bond donors (Lipinski definition) is 2. The molecule has 3 heterocycles. The molecule has 1 aromatic heterocycles. The van der Waals surface area contributed by atoms with Crippen molar-refractivity contribution in [2.75, 3.05) is 25.0 Å². The van der Waals surface area contributed by atoms with Crippen LogP contribution in [-0.4, -0.2) is 41.5 Å². The van der Waals surface area contributed by atoms with E-state index >= 15 is 0 Å². The number of hydrogen-bond acceptors (Lipinski definition) is 5. The van der Waals surface area contributed by atoms with Crippen LogP contribution in [0.15, 0.2) is 59.9 Å². The van der Waals surface area contributed by atoms with Gasteiger partial charge in [-0.15, -0.1) is 0 Å². The number of anilines is 1. The monoisotopic (exact) mass is 393 g/mol. The lowest BCUT2D eigenvalue weighted by atomic mass is 9.93. The van der Waals surface area contributed by atoms with Crippen molar-refractivity contribution in [1.82, 2.24) is 15.2 Å². The number of halogens is 1. The maximum atomic E-state index is 13.6. The summed E-state index contributed by atoms with van der Waals surface area (Å²) < 4.78 is 13.6. The Morgan fingerprint density at radius 2 is 2.21 bits per heavy atom. The summed E-state index contributed by atoms with van der Waals surface area (Å²) in [7, 11) is 0. The van der Waals surface area contributed by atoms with Crippen LogP contribution in [0.1, 0.15) is 31.7 Å². The van der Waals surface area contributed by atoms with Crippen LogP contribution >= 0.6 is 0 Å². The number of likely N-dealkylation sites (tertiary alicyclic amines) is 1. The maximum absolute atomic E-state index is 13.6. The molecular weight excluding hydrogens is 365 g/mol. The zero-order valence-corrected chi connectivity index (χ0v) is 16.8. The summed E-state index contributed by atoms with van der Waals surface area (Å²) >= 11 is 0. The minimum Gasteiger partial charge on any atom is -0.363 e. The predicted octanol–water partition coefficient (Wildman–Crippen LogP) is 4.12. The average molecular weight is 394 g/mol. The van der Waals surface area contributed by atoms with Crippen LogP contribution in [0, 0.1) is 11.7 Å². The zero-order chi connectivity index (χ0) is 20.1. The summed E-state index contributed by atoms with van der Waals surface area (Å²) in [5.74, 6) is 0.908. The van der Waals surface area contributed by atoms with Gasteiger partial charge >= 0.3 is 0 Å². The van der Waals surface area contributed by atoms with Crippen molar-refractivity contribution in [3.63, 3.8) is 0 Å². The summed E-state index contributed by atoms with van der Waals surface area (Å²) in [5.41, 5.74) is 2.71. The van der Waals surface area contributed by atoms with Crippen LogP contribution < -0.4 is 10.6 Å². The molecule has 1 fully saturated rings. The molecule has 0 amide bonds. The van der Waals surface area contributed by atoms with E-state index in [4.69, 9.17) is 4.99 Å². The molecule has 2 N–H and O–H groups in total. The van der Waals surface area contributed by atoms with Crippen LogP contribution in [0.4, 0.5) is 10.1 Å². The van der Waals surface area contributed by atoms with E-state index in [-0.39, 0.29) is 12.0 Å². The number of aliphatic imine (C=N–C) groups is 1. The molecule has 0 radical (unpaired) electrons. The van der Waals surface area contributed by atoms with Crippen molar-refractivity contribution in [2.24, 2.45) is 10.9 Å². The smallest absolute Gasteiger partial charge is 0.129 e. The molecular formula is C23H28FN5. The molecule has 6 heteroatoms. The third-order valence-corrected chi connectivity index (χ3v) is 5.46. The van der Waals surface area contributed by atoms with Gasteiger partial charge in [0, 0.05) is 47.9 Å². The largest absolute Gasteiger partial charge is 0.363 e. The molecule has 0 aliphatic carbocycles. The van der Waals surface area contributed by atoms with Gasteiger partial charge in [0.05, 0.1) is 0 Å². The molecule has 0 saturated carbocycles. The van der Waals surface area contributed by atoms with Crippen molar-refractivity contribution in [3.05, 3.63) is 66.2 Å². The molecule has 4 rings (SSSR count). The number of piperidine rings is 1. The van der Waals surface area contributed by atoms with Crippen molar-refractivity contribution < 1.29 is 4.39 Å². The van der Waals surface area contributed by atoms with E-state index in [9.17, 15) is 4.39 Å². The molecule has 5 nitrogen and oxygen atoms in total. The first-order chi connectivity index (χ1) is 14.2. The molecule has 2 aliphatic heterocycles. The Balaban J connectivity index is 1.59. The van der Waals surface area contributed by atoms with Crippen LogP contribution in [0.5, 0.6) is 0 Å². The Labute approximate surface area is 171 Å². The molecule has 1 saturated heterocycles. The first-order valence-electron chi connectivity index (χ1n) is 10.4. The van der Waals surface area contributed by atoms with Gasteiger partial charge in [-0.3, -0.25) is 4.98 Å². The summed E-state index contributed by atoms with van der Waals surface area (Å²) in [6.45, 7) is 5.57. The van der Waals surface area contributed by atoms with Crippen LogP contribution in [0.3, 0.4) is 0 Å². The summed E-state index contributed by atoms with van der Waals surface area (Å²) in [5, 5.41) is 6.91. The second kappa shape index (κ2) is 9.18. The number of amidine groups is 1. The second-order valence-corrected chi connectivity index (χ2v) is 7.74.